The molecule has 0 saturated carbocycles. The first kappa shape index (κ1) is 15.4. The van der Waals surface area contributed by atoms with Crippen molar-refractivity contribution in [3.8, 4) is 0 Å². The zero-order chi connectivity index (χ0) is 16.7. The lowest BCUT2D eigenvalue weighted by molar-refractivity contribution is 0.0753. The Bertz CT molecular complexity index is 828. The van der Waals surface area contributed by atoms with Crippen LogP contribution in [0.5, 0.6) is 0 Å². The van der Waals surface area contributed by atoms with Crippen molar-refractivity contribution in [2.24, 2.45) is 11.8 Å². The second-order valence-corrected chi connectivity index (χ2v) is 6.93. The van der Waals surface area contributed by atoms with Gasteiger partial charge in [-0.2, -0.15) is 0 Å². The summed E-state index contributed by atoms with van der Waals surface area (Å²) in [5, 5.41) is 4.27. The first-order valence-corrected chi connectivity index (χ1v) is 8.67. The summed E-state index contributed by atoms with van der Waals surface area (Å²) < 4.78 is 5.38. The molecule has 1 amide bonds. The van der Waals surface area contributed by atoms with E-state index >= 15 is 0 Å². The van der Waals surface area contributed by atoms with Gasteiger partial charge >= 0.3 is 5.63 Å². The van der Waals surface area contributed by atoms with E-state index in [1.165, 1.54) is 0 Å². The molecule has 2 aliphatic heterocycles. The van der Waals surface area contributed by atoms with Crippen LogP contribution in [0.15, 0.2) is 33.5 Å². The number of nitrogens with one attached hydrogen (secondary N) is 1. The van der Waals surface area contributed by atoms with Crippen LogP contribution < -0.4 is 10.9 Å². The van der Waals surface area contributed by atoms with E-state index in [2.05, 4.69) is 5.32 Å². The van der Waals surface area contributed by atoms with Gasteiger partial charge in [-0.3, -0.25) is 4.79 Å². The summed E-state index contributed by atoms with van der Waals surface area (Å²) in [6.45, 7) is 5.36. The number of fused-ring (bicyclic) bond motifs is 2. The minimum absolute atomic E-state index is 0.181. The second kappa shape index (κ2) is 6.06. The molecule has 2 aliphatic rings. The molecule has 2 aromatic rings. The van der Waals surface area contributed by atoms with Gasteiger partial charge in [0.15, 0.2) is 0 Å². The molecule has 0 spiro atoms. The van der Waals surface area contributed by atoms with E-state index in [-0.39, 0.29) is 11.5 Å². The Kier molecular flexibility index (Phi) is 3.88. The molecular formula is C19H22N2O3. The molecule has 0 unspecified atom stereocenters. The standard InChI is InChI=1S/C19H22N2O3/c1-12-15-4-2-3-5-16(15)24-19(23)17(12)18(22)21-8-6-13-10-20-11-14(13)7-9-21/h2-5,13-14,20H,6-11H2,1H3/t13-,14+. The molecule has 126 valence electrons. The smallest absolute Gasteiger partial charge is 0.349 e. The predicted octanol–water partition coefficient (Wildman–Crippen LogP) is 2.17. The average Bonchev–Trinajstić information content (AvgIpc) is 2.93. The molecule has 0 radical (unpaired) electrons. The number of nitrogens with zero attached hydrogens (tertiary/aromatic N) is 1. The highest BCUT2D eigenvalue weighted by Gasteiger charge is 2.33. The molecule has 2 atom stereocenters. The second-order valence-electron chi connectivity index (χ2n) is 6.93. The number of rotatable bonds is 1. The van der Waals surface area contributed by atoms with Gasteiger partial charge in [-0.1, -0.05) is 18.2 Å². The molecule has 0 aliphatic carbocycles. The number of hydrogen-bond acceptors (Lipinski definition) is 4. The molecule has 3 heterocycles. The number of hydrogen-bond donors (Lipinski definition) is 1. The van der Waals surface area contributed by atoms with E-state index in [0.717, 1.165) is 36.9 Å². The van der Waals surface area contributed by atoms with Crippen LogP contribution in [0.3, 0.4) is 0 Å². The SMILES string of the molecule is Cc1c(C(=O)N2CC[C@@H]3CNC[C@@H]3CC2)c(=O)oc2ccccc12. The predicted molar refractivity (Wildman–Crippen MR) is 92.2 cm³/mol. The van der Waals surface area contributed by atoms with Crippen molar-refractivity contribution in [3.63, 3.8) is 0 Å². The Balaban J connectivity index is 1.67. The number of aryl methyl sites for hydroxylation is 1. The van der Waals surface area contributed by atoms with Crippen LogP contribution in [-0.2, 0) is 0 Å². The molecule has 1 aromatic carbocycles. The Morgan fingerprint density at radius 1 is 1.17 bits per heavy atom. The van der Waals surface area contributed by atoms with Crippen molar-refractivity contribution in [3.05, 3.63) is 45.8 Å². The van der Waals surface area contributed by atoms with Crippen LogP contribution in [0.2, 0.25) is 0 Å². The van der Waals surface area contributed by atoms with E-state index in [9.17, 15) is 9.59 Å². The van der Waals surface area contributed by atoms with Crippen molar-refractivity contribution in [1.82, 2.24) is 10.2 Å². The lowest BCUT2D eigenvalue weighted by Gasteiger charge is -2.21. The lowest BCUT2D eigenvalue weighted by atomic mass is 9.92. The quantitative estimate of drug-likeness (QED) is 0.816. The number of para-hydroxylation sites is 1. The Hall–Kier alpha value is -2.14. The molecular weight excluding hydrogens is 304 g/mol. The monoisotopic (exact) mass is 326 g/mol. The zero-order valence-electron chi connectivity index (χ0n) is 13.9. The van der Waals surface area contributed by atoms with Gasteiger partial charge in [-0.15, -0.1) is 0 Å². The third-order valence-corrected chi connectivity index (χ3v) is 5.59. The summed E-state index contributed by atoms with van der Waals surface area (Å²) in [6.07, 6.45) is 2.00. The minimum Gasteiger partial charge on any atom is -0.422 e. The first-order chi connectivity index (χ1) is 11.6. The van der Waals surface area contributed by atoms with Crippen molar-refractivity contribution in [2.45, 2.75) is 19.8 Å². The molecule has 5 heteroatoms. The maximum Gasteiger partial charge on any atom is 0.349 e. The van der Waals surface area contributed by atoms with Gasteiger partial charge in [-0.25, -0.2) is 4.79 Å². The largest absolute Gasteiger partial charge is 0.422 e. The maximum atomic E-state index is 13.0. The van der Waals surface area contributed by atoms with Crippen molar-refractivity contribution in [2.75, 3.05) is 26.2 Å². The van der Waals surface area contributed by atoms with Crippen LogP contribution >= 0.6 is 0 Å². The van der Waals surface area contributed by atoms with Crippen molar-refractivity contribution >= 4 is 16.9 Å². The third-order valence-electron chi connectivity index (χ3n) is 5.59. The van der Waals surface area contributed by atoms with Crippen LogP contribution in [0.4, 0.5) is 0 Å². The normalized spacial score (nSPS) is 24.0. The summed E-state index contributed by atoms with van der Waals surface area (Å²) in [7, 11) is 0. The van der Waals surface area contributed by atoms with Gasteiger partial charge in [0.2, 0.25) is 0 Å². The highest BCUT2D eigenvalue weighted by Crippen LogP contribution is 2.28. The number of benzene rings is 1. The molecule has 2 fully saturated rings. The van der Waals surface area contributed by atoms with Crippen LogP contribution in [0, 0.1) is 18.8 Å². The van der Waals surface area contributed by atoms with Gasteiger partial charge in [0, 0.05) is 18.5 Å². The highest BCUT2D eigenvalue weighted by atomic mass is 16.4. The topological polar surface area (TPSA) is 62.6 Å². The minimum atomic E-state index is -0.526. The molecule has 24 heavy (non-hydrogen) atoms. The van der Waals surface area contributed by atoms with Crippen LogP contribution in [-0.4, -0.2) is 37.0 Å². The fourth-order valence-corrected chi connectivity index (χ4v) is 4.13. The zero-order valence-corrected chi connectivity index (χ0v) is 13.9. The van der Waals surface area contributed by atoms with E-state index < -0.39 is 5.63 Å². The number of likely N-dealkylation sites (tertiary alicyclic amines) is 1. The van der Waals surface area contributed by atoms with Crippen LogP contribution in [0.1, 0.15) is 28.8 Å². The van der Waals surface area contributed by atoms with E-state index in [1.807, 2.05) is 30.0 Å². The van der Waals surface area contributed by atoms with Gasteiger partial charge in [0.25, 0.3) is 5.91 Å². The fourth-order valence-electron chi connectivity index (χ4n) is 4.13. The third kappa shape index (κ3) is 2.53. The molecule has 0 bridgehead atoms. The van der Waals surface area contributed by atoms with E-state index in [0.29, 0.717) is 30.5 Å². The van der Waals surface area contributed by atoms with Crippen molar-refractivity contribution < 1.29 is 9.21 Å². The average molecular weight is 326 g/mol. The van der Waals surface area contributed by atoms with Crippen molar-refractivity contribution in [1.29, 1.82) is 0 Å². The summed E-state index contributed by atoms with van der Waals surface area (Å²) in [5.41, 5.74) is 0.923. The number of carbonyl (C=O) groups excluding carboxylic acids is 1. The van der Waals surface area contributed by atoms with E-state index in [1.54, 1.807) is 6.07 Å². The number of carbonyl (C=O) groups is 1. The van der Waals surface area contributed by atoms with Crippen LogP contribution in [0.25, 0.3) is 11.0 Å². The van der Waals surface area contributed by atoms with E-state index in [4.69, 9.17) is 4.42 Å². The molecule has 1 N–H and O–H groups in total. The molecule has 5 nitrogen and oxygen atoms in total. The Morgan fingerprint density at radius 3 is 2.54 bits per heavy atom. The fraction of sp³-hybridized carbons (Fsp3) is 0.474. The van der Waals surface area contributed by atoms with Gasteiger partial charge in [0.1, 0.15) is 11.1 Å². The lowest BCUT2D eigenvalue weighted by Crippen LogP contribution is -2.36. The van der Waals surface area contributed by atoms with Gasteiger partial charge in [-0.05, 0) is 56.3 Å². The first-order valence-electron chi connectivity index (χ1n) is 8.67. The molecule has 2 saturated heterocycles. The Morgan fingerprint density at radius 2 is 1.83 bits per heavy atom. The van der Waals surface area contributed by atoms with Gasteiger partial charge < -0.3 is 14.6 Å². The summed E-state index contributed by atoms with van der Waals surface area (Å²) >= 11 is 0. The highest BCUT2D eigenvalue weighted by molar-refractivity contribution is 5.99. The maximum absolute atomic E-state index is 13.0. The Labute approximate surface area is 140 Å². The summed E-state index contributed by atoms with van der Waals surface area (Å²) in [5.74, 6) is 1.12. The van der Waals surface area contributed by atoms with Gasteiger partial charge in [0.05, 0.1) is 0 Å². The summed E-state index contributed by atoms with van der Waals surface area (Å²) in [6, 6.07) is 7.37. The molecule has 4 rings (SSSR count). The number of amides is 1. The molecule has 1 aromatic heterocycles. The summed E-state index contributed by atoms with van der Waals surface area (Å²) in [4.78, 5) is 27.2.